The van der Waals surface area contributed by atoms with E-state index in [4.69, 9.17) is 10.8 Å². The van der Waals surface area contributed by atoms with E-state index in [9.17, 15) is 13.2 Å². The number of hydrogen-bond donors (Lipinski definition) is 2. The van der Waals surface area contributed by atoms with Crippen LogP contribution in [0.15, 0.2) is 0 Å². The first-order chi connectivity index (χ1) is 5.95. The van der Waals surface area contributed by atoms with Crippen LogP contribution >= 0.6 is 0 Å². The number of hydrogen-bond acceptors (Lipinski definition) is 5. The molecule has 0 spiro atoms. The molecule has 0 aromatic carbocycles. The van der Waals surface area contributed by atoms with Crippen LogP contribution in [-0.4, -0.2) is 50.8 Å². The molecule has 6 nitrogen and oxygen atoms in total. The van der Waals surface area contributed by atoms with Gasteiger partial charge in [-0.2, -0.15) is 0 Å². The fourth-order valence-corrected chi connectivity index (χ4v) is 2.03. The van der Waals surface area contributed by atoms with Crippen LogP contribution in [0, 0.1) is 0 Å². The van der Waals surface area contributed by atoms with Crippen LogP contribution in [0.4, 0.5) is 0 Å². The molecule has 0 aliphatic carbocycles. The smallest absolute Gasteiger partial charge is 0.323 e. The Hall–Kier alpha value is -0.660. The average Bonchev–Trinajstić information content (AvgIpc) is 2.01. The molecule has 1 atom stereocenters. The van der Waals surface area contributed by atoms with Crippen molar-refractivity contribution in [2.24, 2.45) is 5.73 Å². The molecule has 0 saturated heterocycles. The SMILES string of the molecule is COCCS(=O)(=O)C(CN)C(=O)O. The molecular formula is C6H13NO5S. The van der Waals surface area contributed by atoms with Crippen molar-refractivity contribution in [2.75, 3.05) is 26.0 Å². The lowest BCUT2D eigenvalue weighted by Crippen LogP contribution is -2.39. The van der Waals surface area contributed by atoms with Gasteiger partial charge in [-0.1, -0.05) is 0 Å². The van der Waals surface area contributed by atoms with Crippen molar-refractivity contribution in [1.82, 2.24) is 0 Å². The standard InChI is InChI=1S/C6H13NO5S/c1-12-2-3-13(10,11)5(4-7)6(8)9/h5H,2-4,7H2,1H3,(H,8,9). The fourth-order valence-electron chi connectivity index (χ4n) is 0.743. The van der Waals surface area contributed by atoms with Crippen molar-refractivity contribution < 1.29 is 23.1 Å². The molecule has 7 heteroatoms. The van der Waals surface area contributed by atoms with Gasteiger partial charge in [0, 0.05) is 13.7 Å². The van der Waals surface area contributed by atoms with Crippen LogP contribution in [0.3, 0.4) is 0 Å². The molecule has 0 aromatic rings. The van der Waals surface area contributed by atoms with E-state index in [-0.39, 0.29) is 12.4 Å². The van der Waals surface area contributed by atoms with Crippen LogP contribution in [-0.2, 0) is 19.4 Å². The molecule has 3 N–H and O–H groups in total. The monoisotopic (exact) mass is 211 g/mol. The third-order valence-electron chi connectivity index (χ3n) is 1.49. The number of sulfone groups is 1. The van der Waals surface area contributed by atoms with E-state index >= 15 is 0 Å². The van der Waals surface area contributed by atoms with E-state index in [2.05, 4.69) is 4.74 Å². The summed E-state index contributed by atoms with van der Waals surface area (Å²) in [6.07, 6.45) is 0. The Kier molecular flexibility index (Phi) is 4.89. The summed E-state index contributed by atoms with van der Waals surface area (Å²) >= 11 is 0. The van der Waals surface area contributed by atoms with E-state index in [1.807, 2.05) is 0 Å². The van der Waals surface area contributed by atoms with Crippen LogP contribution in [0.25, 0.3) is 0 Å². The molecule has 78 valence electrons. The van der Waals surface area contributed by atoms with E-state index in [1.54, 1.807) is 0 Å². The summed E-state index contributed by atoms with van der Waals surface area (Å²) in [5.74, 6) is -1.74. The molecule has 1 unspecified atom stereocenters. The number of carbonyl (C=O) groups is 1. The van der Waals surface area contributed by atoms with Gasteiger partial charge in [0.05, 0.1) is 12.4 Å². The largest absolute Gasteiger partial charge is 0.480 e. The predicted octanol–water partition coefficient (Wildman–Crippen LogP) is -1.54. The summed E-state index contributed by atoms with van der Waals surface area (Å²) in [5.41, 5.74) is 5.03. The third-order valence-corrected chi connectivity index (χ3v) is 3.49. The van der Waals surface area contributed by atoms with Crippen molar-refractivity contribution in [3.8, 4) is 0 Å². The maximum Gasteiger partial charge on any atom is 0.323 e. The first-order valence-electron chi connectivity index (χ1n) is 3.59. The zero-order valence-corrected chi connectivity index (χ0v) is 8.08. The lowest BCUT2D eigenvalue weighted by molar-refractivity contribution is -0.136. The number of rotatable bonds is 6. The van der Waals surface area contributed by atoms with Crippen LogP contribution in [0.1, 0.15) is 0 Å². The highest BCUT2D eigenvalue weighted by molar-refractivity contribution is 7.92. The molecule has 0 amide bonds. The summed E-state index contributed by atoms with van der Waals surface area (Å²) in [6, 6.07) is 0. The Bertz CT molecular complexity index is 260. The van der Waals surface area contributed by atoms with Crippen molar-refractivity contribution in [2.45, 2.75) is 5.25 Å². The maximum absolute atomic E-state index is 11.2. The van der Waals surface area contributed by atoms with Crippen molar-refractivity contribution in [1.29, 1.82) is 0 Å². The Balaban J connectivity index is 4.49. The minimum Gasteiger partial charge on any atom is -0.480 e. The van der Waals surface area contributed by atoms with Crippen molar-refractivity contribution >= 4 is 15.8 Å². The van der Waals surface area contributed by atoms with Gasteiger partial charge in [0.2, 0.25) is 0 Å². The molecule has 0 saturated carbocycles. The van der Waals surface area contributed by atoms with Gasteiger partial charge in [0.1, 0.15) is 0 Å². The minimum atomic E-state index is -3.68. The summed E-state index contributed by atoms with van der Waals surface area (Å²) in [6.45, 7) is -0.437. The number of aliphatic carboxylic acids is 1. The molecule has 0 radical (unpaired) electrons. The van der Waals surface area contributed by atoms with Crippen LogP contribution < -0.4 is 5.73 Å². The molecule has 0 aromatic heterocycles. The quantitative estimate of drug-likeness (QED) is 0.551. The topological polar surface area (TPSA) is 107 Å². The Labute approximate surface area is 76.6 Å². The molecule has 0 heterocycles. The third kappa shape index (κ3) is 3.71. The van der Waals surface area contributed by atoms with Crippen molar-refractivity contribution in [3.05, 3.63) is 0 Å². The lowest BCUT2D eigenvalue weighted by Gasteiger charge is -2.10. The molecule has 0 aliphatic heterocycles. The molecule has 0 bridgehead atoms. The predicted molar refractivity (Wildman–Crippen MR) is 46.1 cm³/mol. The van der Waals surface area contributed by atoms with E-state index in [0.29, 0.717) is 0 Å². The Morgan fingerprint density at radius 1 is 1.62 bits per heavy atom. The van der Waals surface area contributed by atoms with Gasteiger partial charge >= 0.3 is 5.97 Å². The van der Waals surface area contributed by atoms with Gasteiger partial charge in [-0.25, -0.2) is 8.42 Å². The van der Waals surface area contributed by atoms with Crippen molar-refractivity contribution in [3.63, 3.8) is 0 Å². The van der Waals surface area contributed by atoms with Gasteiger partial charge in [-0.05, 0) is 0 Å². The second-order valence-corrected chi connectivity index (χ2v) is 4.73. The number of ether oxygens (including phenoxy) is 1. The molecule has 13 heavy (non-hydrogen) atoms. The first-order valence-corrected chi connectivity index (χ1v) is 5.30. The van der Waals surface area contributed by atoms with E-state index < -0.39 is 27.6 Å². The molecule has 0 rings (SSSR count). The summed E-state index contributed by atoms with van der Waals surface area (Å²) < 4.78 is 27.0. The molecule has 0 fully saturated rings. The van der Waals surface area contributed by atoms with Gasteiger partial charge in [-0.15, -0.1) is 0 Å². The molecule has 0 aliphatic rings. The Morgan fingerprint density at radius 2 is 2.15 bits per heavy atom. The van der Waals surface area contributed by atoms with E-state index in [0.717, 1.165) is 0 Å². The number of methoxy groups -OCH3 is 1. The first kappa shape index (κ1) is 12.3. The highest BCUT2D eigenvalue weighted by Gasteiger charge is 2.30. The zero-order valence-electron chi connectivity index (χ0n) is 7.26. The minimum absolute atomic E-state index is 0.0217. The molecular weight excluding hydrogens is 198 g/mol. The highest BCUT2D eigenvalue weighted by atomic mass is 32.2. The lowest BCUT2D eigenvalue weighted by atomic mass is 10.4. The van der Waals surface area contributed by atoms with Crippen LogP contribution in [0.2, 0.25) is 0 Å². The zero-order chi connectivity index (χ0) is 10.5. The maximum atomic E-state index is 11.2. The average molecular weight is 211 g/mol. The summed E-state index contributed by atoms with van der Waals surface area (Å²) in [7, 11) is -2.34. The number of nitrogens with two attached hydrogens (primary N) is 1. The number of carboxylic acid groups (broad SMARTS) is 1. The van der Waals surface area contributed by atoms with Gasteiger partial charge in [-0.3, -0.25) is 4.79 Å². The van der Waals surface area contributed by atoms with Gasteiger partial charge < -0.3 is 15.6 Å². The highest BCUT2D eigenvalue weighted by Crippen LogP contribution is 2.01. The van der Waals surface area contributed by atoms with Crippen LogP contribution in [0.5, 0.6) is 0 Å². The number of carboxylic acids is 1. The normalized spacial score (nSPS) is 14.0. The summed E-state index contributed by atoms with van der Waals surface area (Å²) in [4.78, 5) is 10.4. The van der Waals surface area contributed by atoms with Gasteiger partial charge in [0.15, 0.2) is 15.1 Å². The fraction of sp³-hybridized carbons (Fsp3) is 0.833. The second-order valence-electron chi connectivity index (χ2n) is 2.42. The summed E-state index contributed by atoms with van der Waals surface area (Å²) in [5, 5.41) is 6.98. The van der Waals surface area contributed by atoms with E-state index in [1.165, 1.54) is 7.11 Å². The van der Waals surface area contributed by atoms with Gasteiger partial charge in [0.25, 0.3) is 0 Å². The second kappa shape index (κ2) is 5.15. The Morgan fingerprint density at radius 3 is 2.46 bits per heavy atom.